The van der Waals surface area contributed by atoms with Crippen LogP contribution < -0.4 is 0 Å². The molecule has 3 rings (SSSR count). The number of nitrogens with one attached hydrogen (secondary N) is 1. The van der Waals surface area contributed by atoms with Crippen molar-refractivity contribution in [3.63, 3.8) is 0 Å². The smallest absolute Gasteiger partial charge is 0.150 e. The Hall–Kier alpha value is -1.87. The van der Waals surface area contributed by atoms with E-state index in [2.05, 4.69) is 4.98 Å². The Morgan fingerprint density at radius 2 is 1.74 bits per heavy atom. The maximum absolute atomic E-state index is 13.7. The van der Waals surface area contributed by atoms with E-state index < -0.39 is 11.6 Å². The average Bonchev–Trinajstić information content (AvgIpc) is 2.69. The topological polar surface area (TPSA) is 15.8 Å². The third-order valence-corrected chi connectivity index (χ3v) is 3.47. The number of hydrogen-bond acceptors (Lipinski definition) is 0. The minimum atomic E-state index is -0.585. The molecule has 0 atom stereocenters. The minimum absolute atomic E-state index is 0.323. The van der Waals surface area contributed by atoms with Gasteiger partial charge in [-0.15, -0.1) is 0 Å². The van der Waals surface area contributed by atoms with Crippen LogP contribution in [-0.2, 0) is 0 Å². The zero-order chi connectivity index (χ0) is 13.6. The van der Waals surface area contributed by atoms with Gasteiger partial charge < -0.3 is 4.98 Å². The molecular formula is C15H10ClF2N. The number of fused-ring (bicyclic) bond motifs is 1. The van der Waals surface area contributed by atoms with E-state index in [0.717, 1.165) is 22.9 Å². The summed E-state index contributed by atoms with van der Waals surface area (Å²) in [6.07, 6.45) is 0. The number of halogens is 3. The summed E-state index contributed by atoms with van der Waals surface area (Å²) >= 11 is 5.84. The molecule has 96 valence electrons. The Labute approximate surface area is 113 Å². The molecule has 1 heterocycles. The largest absolute Gasteiger partial charge is 0.352 e. The molecule has 1 N–H and O–H groups in total. The van der Waals surface area contributed by atoms with Crippen LogP contribution in [0, 0.1) is 18.6 Å². The molecule has 3 aromatic rings. The minimum Gasteiger partial charge on any atom is -0.352 e. The highest BCUT2D eigenvalue weighted by atomic mass is 35.5. The monoisotopic (exact) mass is 277 g/mol. The lowest BCUT2D eigenvalue weighted by Crippen LogP contribution is -1.81. The molecule has 1 nitrogen and oxygen atoms in total. The first-order valence-electron chi connectivity index (χ1n) is 5.79. The fourth-order valence-electron chi connectivity index (χ4n) is 2.26. The summed E-state index contributed by atoms with van der Waals surface area (Å²) in [6.45, 7) is 1.83. The van der Waals surface area contributed by atoms with Gasteiger partial charge in [-0.05, 0) is 36.2 Å². The maximum Gasteiger partial charge on any atom is 0.150 e. The van der Waals surface area contributed by atoms with Gasteiger partial charge in [0.05, 0.1) is 5.52 Å². The highest BCUT2D eigenvalue weighted by molar-refractivity contribution is 6.30. The van der Waals surface area contributed by atoms with E-state index in [9.17, 15) is 8.78 Å². The SMILES string of the molecule is Cc1c(-c2ccc(Cl)cc2)[nH]c2c(F)cc(F)cc12. The molecule has 0 aliphatic carbocycles. The van der Waals surface area contributed by atoms with Crippen molar-refractivity contribution in [1.29, 1.82) is 0 Å². The van der Waals surface area contributed by atoms with Gasteiger partial charge in [-0.25, -0.2) is 8.78 Å². The molecule has 0 spiro atoms. The van der Waals surface area contributed by atoms with Crippen molar-refractivity contribution in [2.75, 3.05) is 0 Å². The summed E-state index contributed by atoms with van der Waals surface area (Å²) < 4.78 is 27.0. The Bertz CT molecular complexity index is 760. The van der Waals surface area contributed by atoms with Gasteiger partial charge in [0.25, 0.3) is 0 Å². The number of rotatable bonds is 1. The van der Waals surface area contributed by atoms with Crippen molar-refractivity contribution in [2.24, 2.45) is 0 Å². The zero-order valence-electron chi connectivity index (χ0n) is 10.1. The van der Waals surface area contributed by atoms with Crippen LogP contribution in [0.1, 0.15) is 5.56 Å². The Morgan fingerprint density at radius 1 is 1.05 bits per heavy atom. The predicted molar refractivity (Wildman–Crippen MR) is 73.4 cm³/mol. The van der Waals surface area contributed by atoms with Gasteiger partial charge in [0.2, 0.25) is 0 Å². The summed E-state index contributed by atoms with van der Waals surface area (Å²) in [5, 5.41) is 1.19. The first-order valence-corrected chi connectivity index (χ1v) is 6.17. The molecule has 0 radical (unpaired) electrons. The van der Waals surface area contributed by atoms with Crippen molar-refractivity contribution >= 4 is 22.5 Å². The lowest BCUT2D eigenvalue weighted by Gasteiger charge is -2.00. The molecule has 1 aromatic heterocycles. The first kappa shape index (κ1) is 12.2. The number of H-pyrrole nitrogens is 1. The predicted octanol–water partition coefficient (Wildman–Crippen LogP) is 5.07. The molecule has 4 heteroatoms. The van der Waals surface area contributed by atoms with Crippen LogP contribution in [0.3, 0.4) is 0 Å². The van der Waals surface area contributed by atoms with E-state index in [1.54, 1.807) is 12.1 Å². The summed E-state index contributed by atoms with van der Waals surface area (Å²) in [5.74, 6) is -1.16. The fraction of sp³-hybridized carbons (Fsp3) is 0.0667. The van der Waals surface area contributed by atoms with Crippen LogP contribution in [-0.4, -0.2) is 4.98 Å². The van der Waals surface area contributed by atoms with E-state index in [0.29, 0.717) is 15.9 Å². The van der Waals surface area contributed by atoms with Crippen LogP contribution in [0.5, 0.6) is 0 Å². The number of aromatic amines is 1. The van der Waals surface area contributed by atoms with Crippen LogP contribution >= 0.6 is 11.6 Å². The standard InChI is InChI=1S/C15H10ClF2N/c1-8-12-6-11(17)7-13(18)15(12)19-14(8)9-2-4-10(16)5-3-9/h2-7,19H,1H3. The number of hydrogen-bond donors (Lipinski definition) is 1. The van der Waals surface area contributed by atoms with Gasteiger partial charge in [-0.2, -0.15) is 0 Å². The number of benzene rings is 2. The molecule has 2 aromatic carbocycles. The second-order valence-corrected chi connectivity index (χ2v) is 4.88. The molecule has 0 bridgehead atoms. The summed E-state index contributed by atoms with van der Waals surface area (Å²) in [6, 6.07) is 9.42. The molecule has 0 saturated heterocycles. The summed E-state index contributed by atoms with van der Waals surface area (Å²) in [7, 11) is 0. The second-order valence-electron chi connectivity index (χ2n) is 4.44. The van der Waals surface area contributed by atoms with Crippen LogP contribution in [0.2, 0.25) is 5.02 Å². The van der Waals surface area contributed by atoms with Crippen LogP contribution in [0.4, 0.5) is 8.78 Å². The third kappa shape index (κ3) is 2.00. The summed E-state index contributed by atoms with van der Waals surface area (Å²) in [5.41, 5.74) is 2.80. The van der Waals surface area contributed by atoms with E-state index in [1.165, 1.54) is 6.07 Å². The van der Waals surface area contributed by atoms with Gasteiger partial charge in [0, 0.05) is 22.2 Å². The molecule has 0 unspecified atom stereocenters. The molecule has 0 saturated carbocycles. The Balaban J connectivity index is 2.28. The Kier molecular flexibility index (Phi) is 2.79. The second kappa shape index (κ2) is 4.35. The lowest BCUT2D eigenvalue weighted by molar-refractivity contribution is 0.591. The molecule has 0 aliphatic rings. The van der Waals surface area contributed by atoms with Gasteiger partial charge >= 0.3 is 0 Å². The maximum atomic E-state index is 13.7. The van der Waals surface area contributed by atoms with Crippen LogP contribution in [0.15, 0.2) is 36.4 Å². The fourth-order valence-corrected chi connectivity index (χ4v) is 2.38. The van der Waals surface area contributed by atoms with Crippen molar-refractivity contribution in [3.05, 3.63) is 58.6 Å². The molecule has 19 heavy (non-hydrogen) atoms. The Morgan fingerprint density at radius 3 is 2.42 bits per heavy atom. The molecular weight excluding hydrogens is 268 g/mol. The summed E-state index contributed by atoms with van der Waals surface area (Å²) in [4.78, 5) is 3.01. The van der Waals surface area contributed by atoms with E-state index in [-0.39, 0.29) is 0 Å². The highest BCUT2D eigenvalue weighted by Gasteiger charge is 2.13. The van der Waals surface area contributed by atoms with E-state index >= 15 is 0 Å². The quantitative estimate of drug-likeness (QED) is 0.639. The van der Waals surface area contributed by atoms with Crippen molar-refractivity contribution in [2.45, 2.75) is 6.92 Å². The van der Waals surface area contributed by atoms with Crippen molar-refractivity contribution < 1.29 is 8.78 Å². The number of aryl methyl sites for hydroxylation is 1. The first-order chi connectivity index (χ1) is 9.06. The third-order valence-electron chi connectivity index (χ3n) is 3.22. The van der Waals surface area contributed by atoms with Gasteiger partial charge in [-0.1, -0.05) is 23.7 Å². The number of aromatic nitrogens is 1. The highest BCUT2D eigenvalue weighted by Crippen LogP contribution is 2.31. The van der Waals surface area contributed by atoms with Crippen molar-refractivity contribution in [1.82, 2.24) is 4.98 Å². The molecule has 0 aliphatic heterocycles. The molecule has 0 amide bonds. The van der Waals surface area contributed by atoms with E-state index in [4.69, 9.17) is 11.6 Å². The van der Waals surface area contributed by atoms with Crippen molar-refractivity contribution in [3.8, 4) is 11.3 Å². The average molecular weight is 278 g/mol. The van der Waals surface area contributed by atoms with Gasteiger partial charge in [-0.3, -0.25) is 0 Å². The van der Waals surface area contributed by atoms with E-state index in [1.807, 2.05) is 19.1 Å². The molecule has 0 fully saturated rings. The lowest BCUT2D eigenvalue weighted by atomic mass is 10.1. The van der Waals surface area contributed by atoms with Gasteiger partial charge in [0.1, 0.15) is 11.6 Å². The zero-order valence-corrected chi connectivity index (χ0v) is 10.9. The van der Waals surface area contributed by atoms with Gasteiger partial charge in [0.15, 0.2) is 0 Å². The normalized spacial score (nSPS) is 11.2. The van der Waals surface area contributed by atoms with Crippen LogP contribution in [0.25, 0.3) is 22.2 Å².